The molecular weight excluding hydrogens is 288 g/mol. The standard InChI is InChI=1S/C18H22N4O/c1-12(11-22-9-8-19-14(22)3)10-20-18(23)17-13(2)21-16-7-5-4-6-15(16)17/h4-9,12,21H,10-11H2,1-3H3,(H,20,23)/t12-/m1/s1. The number of carbonyl (C=O) groups excluding carboxylic acids is 1. The minimum absolute atomic E-state index is 0.0193. The number of imidazole rings is 1. The number of nitrogens with one attached hydrogen (secondary N) is 2. The lowest BCUT2D eigenvalue weighted by atomic mass is 10.1. The van der Waals surface area contributed by atoms with Crippen LogP contribution in [-0.2, 0) is 6.54 Å². The van der Waals surface area contributed by atoms with Crippen LogP contribution in [0.15, 0.2) is 36.7 Å². The van der Waals surface area contributed by atoms with Crippen molar-refractivity contribution in [2.24, 2.45) is 5.92 Å². The fourth-order valence-corrected chi connectivity index (χ4v) is 2.92. The fraction of sp³-hybridized carbons (Fsp3) is 0.333. The van der Waals surface area contributed by atoms with E-state index in [0.29, 0.717) is 12.5 Å². The van der Waals surface area contributed by atoms with Gasteiger partial charge in [-0.15, -0.1) is 0 Å². The normalized spacial score (nSPS) is 12.5. The Kier molecular flexibility index (Phi) is 4.19. The van der Waals surface area contributed by atoms with Crippen molar-refractivity contribution in [1.82, 2.24) is 19.9 Å². The molecule has 23 heavy (non-hydrogen) atoms. The number of benzene rings is 1. The minimum atomic E-state index is -0.0193. The highest BCUT2D eigenvalue weighted by Gasteiger charge is 2.16. The van der Waals surface area contributed by atoms with Crippen LogP contribution in [0.4, 0.5) is 0 Å². The summed E-state index contributed by atoms with van der Waals surface area (Å²) in [4.78, 5) is 20.1. The number of H-pyrrole nitrogens is 1. The van der Waals surface area contributed by atoms with Crippen LogP contribution < -0.4 is 5.32 Å². The molecule has 120 valence electrons. The lowest BCUT2D eigenvalue weighted by molar-refractivity contribution is 0.0948. The topological polar surface area (TPSA) is 62.7 Å². The van der Waals surface area contributed by atoms with Crippen LogP contribution in [0, 0.1) is 19.8 Å². The van der Waals surface area contributed by atoms with Crippen LogP contribution in [0.2, 0.25) is 0 Å². The SMILES string of the molecule is Cc1[nH]c2ccccc2c1C(=O)NC[C@@H](C)Cn1ccnc1C. The fourth-order valence-electron chi connectivity index (χ4n) is 2.92. The maximum Gasteiger partial charge on any atom is 0.253 e. The van der Waals surface area contributed by atoms with E-state index in [1.165, 1.54) is 0 Å². The highest BCUT2D eigenvalue weighted by Crippen LogP contribution is 2.21. The molecule has 0 fully saturated rings. The molecule has 3 rings (SSSR count). The molecule has 3 aromatic rings. The van der Waals surface area contributed by atoms with Crippen molar-refractivity contribution in [3.05, 3.63) is 53.7 Å². The molecule has 0 unspecified atom stereocenters. The Morgan fingerprint density at radius 1 is 1.35 bits per heavy atom. The zero-order valence-electron chi connectivity index (χ0n) is 13.8. The third-order valence-corrected chi connectivity index (χ3v) is 4.16. The van der Waals surface area contributed by atoms with E-state index in [1.807, 2.05) is 44.3 Å². The predicted molar refractivity (Wildman–Crippen MR) is 91.5 cm³/mol. The smallest absolute Gasteiger partial charge is 0.253 e. The average molecular weight is 310 g/mol. The molecule has 1 atom stereocenters. The van der Waals surface area contributed by atoms with Gasteiger partial charge in [0.1, 0.15) is 5.82 Å². The Morgan fingerprint density at radius 3 is 2.87 bits per heavy atom. The number of carbonyl (C=O) groups is 1. The van der Waals surface area contributed by atoms with Gasteiger partial charge < -0.3 is 14.9 Å². The first-order valence-electron chi connectivity index (χ1n) is 7.89. The van der Waals surface area contributed by atoms with Gasteiger partial charge >= 0.3 is 0 Å². The molecule has 0 aliphatic carbocycles. The lowest BCUT2D eigenvalue weighted by Crippen LogP contribution is -2.30. The summed E-state index contributed by atoms with van der Waals surface area (Å²) in [6.07, 6.45) is 3.77. The van der Waals surface area contributed by atoms with Crippen LogP contribution >= 0.6 is 0 Å². The Morgan fingerprint density at radius 2 is 2.13 bits per heavy atom. The molecule has 0 aliphatic rings. The number of amides is 1. The summed E-state index contributed by atoms with van der Waals surface area (Å²) in [7, 11) is 0. The molecule has 0 saturated heterocycles. The van der Waals surface area contributed by atoms with E-state index in [-0.39, 0.29) is 5.91 Å². The monoisotopic (exact) mass is 310 g/mol. The highest BCUT2D eigenvalue weighted by atomic mass is 16.1. The summed E-state index contributed by atoms with van der Waals surface area (Å²) in [5.41, 5.74) is 2.64. The Labute approximate surface area is 135 Å². The largest absolute Gasteiger partial charge is 0.358 e. The summed E-state index contributed by atoms with van der Waals surface area (Å²) in [6.45, 7) is 7.53. The van der Waals surface area contributed by atoms with Gasteiger partial charge in [0.25, 0.3) is 5.91 Å². The molecule has 5 heteroatoms. The van der Waals surface area contributed by atoms with Gasteiger partial charge in [0.15, 0.2) is 0 Å². The molecule has 2 aromatic heterocycles. The Bertz CT molecular complexity index is 831. The summed E-state index contributed by atoms with van der Waals surface area (Å²) in [6, 6.07) is 7.89. The second kappa shape index (κ2) is 6.28. The number of aromatic amines is 1. The number of rotatable bonds is 5. The molecular formula is C18H22N4O. The van der Waals surface area contributed by atoms with E-state index < -0.39 is 0 Å². The van der Waals surface area contributed by atoms with Gasteiger partial charge in [-0.1, -0.05) is 25.1 Å². The van der Waals surface area contributed by atoms with E-state index in [9.17, 15) is 4.79 Å². The highest BCUT2D eigenvalue weighted by molar-refractivity contribution is 6.08. The van der Waals surface area contributed by atoms with Crippen molar-refractivity contribution >= 4 is 16.8 Å². The molecule has 1 aromatic carbocycles. The van der Waals surface area contributed by atoms with Crippen molar-refractivity contribution in [2.75, 3.05) is 6.54 Å². The van der Waals surface area contributed by atoms with Gasteiger partial charge in [0.05, 0.1) is 5.56 Å². The van der Waals surface area contributed by atoms with E-state index in [1.54, 1.807) is 6.20 Å². The number of nitrogens with zero attached hydrogens (tertiary/aromatic N) is 2. The van der Waals surface area contributed by atoms with Gasteiger partial charge in [0.2, 0.25) is 0 Å². The zero-order chi connectivity index (χ0) is 16.4. The summed E-state index contributed by atoms with van der Waals surface area (Å²) < 4.78 is 2.10. The van der Waals surface area contributed by atoms with Gasteiger partial charge in [-0.05, 0) is 25.8 Å². The van der Waals surface area contributed by atoms with Gasteiger partial charge in [-0.3, -0.25) is 4.79 Å². The molecule has 2 heterocycles. The molecule has 0 spiro atoms. The molecule has 5 nitrogen and oxygen atoms in total. The first-order valence-corrected chi connectivity index (χ1v) is 7.89. The number of para-hydroxylation sites is 1. The van der Waals surface area contributed by atoms with Crippen molar-refractivity contribution in [3.8, 4) is 0 Å². The average Bonchev–Trinajstić information content (AvgIpc) is 3.07. The minimum Gasteiger partial charge on any atom is -0.358 e. The Hall–Kier alpha value is -2.56. The van der Waals surface area contributed by atoms with Crippen molar-refractivity contribution < 1.29 is 4.79 Å². The maximum atomic E-state index is 12.6. The van der Waals surface area contributed by atoms with Crippen molar-refractivity contribution in [3.63, 3.8) is 0 Å². The lowest BCUT2D eigenvalue weighted by Gasteiger charge is -2.14. The third kappa shape index (κ3) is 3.13. The number of fused-ring (bicyclic) bond motifs is 1. The van der Waals surface area contributed by atoms with Crippen LogP contribution in [0.25, 0.3) is 10.9 Å². The first kappa shape index (κ1) is 15.3. The number of aryl methyl sites for hydroxylation is 2. The van der Waals surface area contributed by atoms with E-state index in [2.05, 4.69) is 26.8 Å². The molecule has 2 N–H and O–H groups in total. The number of hydrogen-bond acceptors (Lipinski definition) is 2. The summed E-state index contributed by atoms with van der Waals surface area (Å²) in [5.74, 6) is 1.31. The second-order valence-corrected chi connectivity index (χ2v) is 6.11. The summed E-state index contributed by atoms with van der Waals surface area (Å²) in [5, 5.41) is 4.03. The van der Waals surface area contributed by atoms with Crippen LogP contribution in [0.1, 0.15) is 28.8 Å². The van der Waals surface area contributed by atoms with E-state index >= 15 is 0 Å². The predicted octanol–water partition coefficient (Wildman–Crippen LogP) is 3.05. The quantitative estimate of drug-likeness (QED) is 0.761. The van der Waals surface area contributed by atoms with E-state index in [4.69, 9.17) is 0 Å². The van der Waals surface area contributed by atoms with Gasteiger partial charge in [-0.2, -0.15) is 0 Å². The molecule has 0 saturated carbocycles. The molecule has 0 aliphatic heterocycles. The number of hydrogen-bond donors (Lipinski definition) is 2. The van der Waals surface area contributed by atoms with E-state index in [0.717, 1.165) is 34.5 Å². The maximum absolute atomic E-state index is 12.6. The first-order chi connectivity index (χ1) is 11.1. The molecule has 0 bridgehead atoms. The third-order valence-electron chi connectivity index (χ3n) is 4.16. The zero-order valence-corrected chi connectivity index (χ0v) is 13.8. The van der Waals surface area contributed by atoms with Crippen molar-refractivity contribution in [2.45, 2.75) is 27.3 Å². The van der Waals surface area contributed by atoms with Gasteiger partial charge in [0, 0.05) is 42.1 Å². The second-order valence-electron chi connectivity index (χ2n) is 6.11. The summed E-state index contributed by atoms with van der Waals surface area (Å²) >= 11 is 0. The van der Waals surface area contributed by atoms with Crippen molar-refractivity contribution in [1.29, 1.82) is 0 Å². The molecule has 0 radical (unpaired) electrons. The van der Waals surface area contributed by atoms with Crippen LogP contribution in [0.5, 0.6) is 0 Å². The molecule has 1 amide bonds. The van der Waals surface area contributed by atoms with Crippen LogP contribution in [-0.4, -0.2) is 27.0 Å². The Balaban J connectivity index is 1.67. The number of aromatic nitrogens is 3. The van der Waals surface area contributed by atoms with Crippen LogP contribution in [0.3, 0.4) is 0 Å². The van der Waals surface area contributed by atoms with Gasteiger partial charge in [-0.25, -0.2) is 4.98 Å².